The van der Waals surface area contributed by atoms with Crippen molar-refractivity contribution in [3.05, 3.63) is 158 Å². The number of hydrogen-bond donors (Lipinski definition) is 5. The number of alkyl halides is 3. The van der Waals surface area contributed by atoms with Crippen molar-refractivity contribution in [2.45, 2.75) is 117 Å². The van der Waals surface area contributed by atoms with Gasteiger partial charge in [-0.2, -0.15) is 18.4 Å². The number of nitrogens with one attached hydrogen (secondary N) is 3. The van der Waals surface area contributed by atoms with E-state index in [1.165, 1.54) is 31.2 Å². The summed E-state index contributed by atoms with van der Waals surface area (Å²) in [4.78, 5) is 46.8. The van der Waals surface area contributed by atoms with Crippen LogP contribution in [0.4, 0.5) is 13.2 Å². The zero-order valence-electron chi connectivity index (χ0n) is 44.3. The van der Waals surface area contributed by atoms with Gasteiger partial charge in [-0.1, -0.05) is 60.1 Å². The number of aryl methyl sites for hydroxylation is 2. The number of amides is 3. The van der Waals surface area contributed by atoms with Crippen molar-refractivity contribution >= 4 is 50.9 Å². The Morgan fingerprint density at radius 3 is 1.77 bits per heavy atom. The molecule has 0 bridgehead atoms. The largest absolute Gasteiger partial charge is 0.490 e. The van der Waals surface area contributed by atoms with Gasteiger partial charge in [0.05, 0.1) is 38.6 Å². The molecule has 3 aromatic heterocycles. The zero-order valence-corrected chi connectivity index (χ0v) is 46.6. The average molecular weight is 1160 g/mol. The summed E-state index contributed by atoms with van der Waals surface area (Å²) >= 11 is 9.65. The Labute approximate surface area is 464 Å². The molecule has 412 valence electrons. The summed E-state index contributed by atoms with van der Waals surface area (Å²) < 4.78 is 53.9. The highest BCUT2D eigenvalue weighted by Crippen LogP contribution is 2.32. The number of halogens is 5. The van der Waals surface area contributed by atoms with E-state index in [2.05, 4.69) is 42.4 Å². The van der Waals surface area contributed by atoms with Crippen LogP contribution < -0.4 is 25.4 Å². The highest BCUT2D eigenvalue weighted by atomic mass is 79.9. The van der Waals surface area contributed by atoms with Gasteiger partial charge in [0, 0.05) is 79.1 Å². The van der Waals surface area contributed by atoms with Crippen molar-refractivity contribution in [3.63, 3.8) is 0 Å². The maximum Gasteiger partial charge on any atom is 0.425 e. The molecular formula is C58H63BrClF3N8O7. The van der Waals surface area contributed by atoms with Crippen molar-refractivity contribution in [2.75, 3.05) is 13.2 Å². The molecule has 0 aliphatic rings. The number of carbonyl (C=O) groups is 3. The van der Waals surface area contributed by atoms with Crippen LogP contribution >= 0.6 is 27.5 Å². The van der Waals surface area contributed by atoms with E-state index < -0.39 is 24.2 Å². The lowest BCUT2D eigenvalue weighted by molar-refractivity contribution is -0.189. The van der Waals surface area contributed by atoms with Crippen LogP contribution in [-0.2, 0) is 24.2 Å². The van der Waals surface area contributed by atoms with Crippen LogP contribution in [0.1, 0.15) is 109 Å². The molecule has 0 saturated heterocycles. The number of rotatable bonds is 21. The first kappa shape index (κ1) is 60.0. The fraction of sp³-hybridized carbons (Fsp3) is 0.345. The molecule has 0 spiro atoms. The second-order valence-corrected chi connectivity index (χ2v) is 20.2. The molecule has 3 amide bonds. The Kier molecular flexibility index (Phi) is 21.1. The second kappa shape index (κ2) is 27.4. The van der Waals surface area contributed by atoms with Crippen molar-refractivity contribution in [1.29, 1.82) is 5.26 Å². The molecule has 20 heteroatoms. The van der Waals surface area contributed by atoms with E-state index in [0.717, 1.165) is 62.2 Å². The molecule has 5 N–H and O–H groups in total. The fourth-order valence-corrected chi connectivity index (χ4v) is 9.08. The lowest BCUT2D eigenvalue weighted by Gasteiger charge is -2.20. The van der Waals surface area contributed by atoms with Crippen LogP contribution in [0.2, 0.25) is 5.02 Å². The van der Waals surface area contributed by atoms with Crippen LogP contribution in [-0.4, -0.2) is 90.6 Å². The smallest absolute Gasteiger partial charge is 0.425 e. The molecule has 0 aliphatic heterocycles. The van der Waals surface area contributed by atoms with Crippen LogP contribution in [0, 0.1) is 18.3 Å². The second-order valence-electron chi connectivity index (χ2n) is 18.9. The van der Waals surface area contributed by atoms with Crippen molar-refractivity contribution in [3.8, 4) is 40.1 Å². The first-order chi connectivity index (χ1) is 37.1. The van der Waals surface area contributed by atoms with E-state index in [1.54, 1.807) is 12.1 Å². The summed E-state index contributed by atoms with van der Waals surface area (Å²) in [5.74, 6) is 0.108. The van der Waals surface area contributed by atoms with E-state index >= 15 is 0 Å². The monoisotopic (exact) mass is 1150 g/mol. The number of fused-ring (bicyclic) bond motifs is 1. The maximum atomic E-state index is 12.9. The van der Waals surface area contributed by atoms with E-state index in [-0.39, 0.29) is 66.0 Å². The number of aliphatic hydroxyl groups excluding tert-OH is 2. The first-order valence-corrected chi connectivity index (χ1v) is 26.5. The van der Waals surface area contributed by atoms with Crippen molar-refractivity contribution in [1.82, 2.24) is 34.9 Å². The van der Waals surface area contributed by atoms with Crippen LogP contribution in [0.3, 0.4) is 0 Å². The van der Waals surface area contributed by atoms with Gasteiger partial charge in [-0.05, 0) is 143 Å². The number of carbonyl (C=O) groups excluding carboxylic acids is 3. The third kappa shape index (κ3) is 16.2. The SMILES string of the molecule is CCn1cc(-c2ccc(CC(CCO)NC(=O)c3ccc(OC(C)C(F)(F)F)c(Cl)c3)cc2)nc1C(C)NC(C)=O.Cc1ccc(Br)c2nc(-c3ccc(CC(CCO)NC(=O)c4ccc(OC(C)C)c(C#N)c4)cc3)cn12. The molecule has 4 atom stereocenters. The van der Waals surface area contributed by atoms with E-state index in [0.29, 0.717) is 42.7 Å². The predicted molar refractivity (Wildman–Crippen MR) is 296 cm³/mol. The van der Waals surface area contributed by atoms with Gasteiger partial charge < -0.3 is 44.6 Å². The van der Waals surface area contributed by atoms with Gasteiger partial charge >= 0.3 is 6.18 Å². The number of nitrogens with zero attached hydrogens (tertiary/aromatic N) is 5. The summed E-state index contributed by atoms with van der Waals surface area (Å²) in [5.41, 5.74) is 8.26. The predicted octanol–water partition coefficient (Wildman–Crippen LogP) is 10.9. The van der Waals surface area contributed by atoms with Gasteiger partial charge in [-0.25, -0.2) is 9.97 Å². The Bertz CT molecular complexity index is 3190. The number of benzene rings is 4. The van der Waals surface area contributed by atoms with Crippen LogP contribution in [0.25, 0.3) is 28.2 Å². The highest BCUT2D eigenvalue weighted by molar-refractivity contribution is 9.10. The number of aromatic nitrogens is 4. The summed E-state index contributed by atoms with van der Waals surface area (Å²) in [6, 6.07) is 29.6. The lowest BCUT2D eigenvalue weighted by Crippen LogP contribution is -2.37. The van der Waals surface area contributed by atoms with Gasteiger partial charge in [0.2, 0.25) is 5.91 Å². The van der Waals surface area contributed by atoms with Crippen LogP contribution in [0.5, 0.6) is 11.5 Å². The molecule has 0 fully saturated rings. The normalized spacial score (nSPS) is 12.9. The average Bonchev–Trinajstić information content (AvgIpc) is 4.09. The summed E-state index contributed by atoms with van der Waals surface area (Å²) in [6.07, 6.45) is -1.05. The van der Waals surface area contributed by atoms with E-state index in [4.69, 9.17) is 31.0 Å². The fourth-order valence-electron chi connectivity index (χ4n) is 8.44. The Balaban J connectivity index is 0.000000253. The first-order valence-electron chi connectivity index (χ1n) is 25.3. The summed E-state index contributed by atoms with van der Waals surface area (Å²) in [7, 11) is 0. The molecule has 78 heavy (non-hydrogen) atoms. The van der Waals surface area contributed by atoms with Gasteiger partial charge in [-0.3, -0.25) is 14.4 Å². The van der Waals surface area contributed by atoms with Gasteiger partial charge in [0.15, 0.2) is 11.8 Å². The minimum atomic E-state index is -4.55. The van der Waals surface area contributed by atoms with Crippen LogP contribution in [0.15, 0.2) is 114 Å². The number of imidazole rings is 2. The Hall–Kier alpha value is -7.24. The van der Waals surface area contributed by atoms with Gasteiger partial charge in [0.25, 0.3) is 11.8 Å². The molecule has 7 aromatic rings. The van der Waals surface area contributed by atoms with Gasteiger partial charge in [0.1, 0.15) is 23.4 Å². The number of nitriles is 1. The Morgan fingerprint density at radius 1 is 0.756 bits per heavy atom. The molecule has 3 heterocycles. The number of pyridine rings is 1. The third-order valence-electron chi connectivity index (χ3n) is 12.5. The van der Waals surface area contributed by atoms with E-state index in [1.807, 2.05) is 112 Å². The van der Waals surface area contributed by atoms with Crippen molar-refractivity contribution < 1.29 is 47.2 Å². The van der Waals surface area contributed by atoms with E-state index in [9.17, 15) is 43.0 Å². The Morgan fingerprint density at radius 2 is 1.29 bits per heavy atom. The molecule has 0 radical (unpaired) electrons. The minimum Gasteiger partial charge on any atom is -0.490 e. The molecule has 0 saturated carbocycles. The molecule has 0 aliphatic carbocycles. The minimum absolute atomic E-state index is 0.0525. The van der Waals surface area contributed by atoms with Gasteiger partial charge in [-0.15, -0.1) is 0 Å². The summed E-state index contributed by atoms with van der Waals surface area (Å²) in [5, 5.41) is 37.2. The van der Waals surface area contributed by atoms with Crippen molar-refractivity contribution in [2.24, 2.45) is 0 Å². The molecule has 15 nitrogen and oxygen atoms in total. The zero-order chi connectivity index (χ0) is 56.8. The molecule has 4 unspecified atom stereocenters. The number of aliphatic hydroxyl groups is 2. The number of hydrogen-bond acceptors (Lipinski definition) is 10. The molecule has 4 aromatic carbocycles. The number of ether oxygens (including phenoxy) is 2. The molecular weight excluding hydrogens is 1090 g/mol. The quantitative estimate of drug-likeness (QED) is 0.0460. The standard InChI is InChI=1S/C29H29BrN4O3.C29H34ClF3N4O4/c1-18(2)37-27-11-9-22(15-23(27)16-31)29(36)32-24(12-13-35)14-20-5-7-21(8-6-20)26-17-34-19(3)4-10-25(30)28(34)33-26;1-5-37-16-25(36-27(37)17(2)34-19(4)39)21-8-6-20(7-9-21)14-23(12-13-38)35-28(40)22-10-11-26(24(30)15-22)41-18(3)29(31,32)33/h4-11,15,17-18,24,35H,12-14H2,1-3H3,(H,32,36);6-11,15-18,23,38H,5,12-14H2,1-4H3,(H,34,39)(H,35,40). The molecule has 7 rings (SSSR count). The summed E-state index contributed by atoms with van der Waals surface area (Å²) in [6.45, 7) is 12.5. The highest BCUT2D eigenvalue weighted by Gasteiger charge is 2.38. The lowest BCUT2D eigenvalue weighted by atomic mass is 10.0. The third-order valence-corrected chi connectivity index (χ3v) is 13.4. The maximum absolute atomic E-state index is 12.9. The topological polar surface area (TPSA) is 205 Å².